The minimum Gasteiger partial charge on any atom is -0.459 e. The summed E-state index contributed by atoms with van der Waals surface area (Å²) in [5.74, 6) is 0.939. The van der Waals surface area contributed by atoms with Crippen molar-refractivity contribution in [3.63, 3.8) is 0 Å². The van der Waals surface area contributed by atoms with E-state index in [1.54, 1.807) is 13.8 Å². The number of rotatable bonds is 17. The lowest BCUT2D eigenvalue weighted by Gasteiger charge is -2.29. The lowest BCUT2D eigenvalue weighted by atomic mass is 9.77. The topological polar surface area (TPSA) is 52.6 Å². The molecule has 0 amide bonds. The van der Waals surface area contributed by atoms with Gasteiger partial charge in [0.05, 0.1) is 5.56 Å². The maximum Gasteiger partial charge on any atom is 0.338 e. The monoisotopic (exact) mass is 500 g/mol. The van der Waals surface area contributed by atoms with Gasteiger partial charge in [0.15, 0.2) is 0 Å². The van der Waals surface area contributed by atoms with Crippen molar-refractivity contribution in [3.05, 3.63) is 35.4 Å². The minimum absolute atomic E-state index is 0.205. The maximum atomic E-state index is 12.7. The van der Waals surface area contributed by atoms with Crippen molar-refractivity contribution in [3.8, 4) is 0 Å². The predicted molar refractivity (Wildman–Crippen MR) is 148 cm³/mol. The fourth-order valence-corrected chi connectivity index (χ4v) is 5.28. The molecule has 0 bridgehead atoms. The van der Waals surface area contributed by atoms with E-state index in [1.165, 1.54) is 89.0 Å². The average molecular weight is 501 g/mol. The molecule has 1 aliphatic carbocycles. The zero-order valence-corrected chi connectivity index (χ0v) is 23.6. The Morgan fingerprint density at radius 2 is 1.31 bits per heavy atom. The third-order valence-corrected chi connectivity index (χ3v) is 7.94. The number of ether oxygens (including phenoxy) is 2. The van der Waals surface area contributed by atoms with Crippen molar-refractivity contribution in [1.82, 2.24) is 0 Å². The molecule has 0 saturated heterocycles. The molecule has 1 aromatic rings. The molecule has 0 aliphatic heterocycles. The van der Waals surface area contributed by atoms with Crippen LogP contribution in [0.4, 0.5) is 0 Å². The third-order valence-electron chi connectivity index (χ3n) is 7.94. The normalized spacial score (nSPS) is 19.4. The first-order chi connectivity index (χ1) is 17.4. The first-order valence-corrected chi connectivity index (χ1v) is 14.9. The molecule has 0 radical (unpaired) electrons. The Morgan fingerprint density at radius 1 is 0.750 bits per heavy atom. The Bertz CT molecular complexity index is 733. The van der Waals surface area contributed by atoms with Crippen molar-refractivity contribution in [2.45, 2.75) is 149 Å². The summed E-state index contributed by atoms with van der Waals surface area (Å²) in [6, 6.07) is 7.95. The molecule has 2 rings (SSSR count). The molecule has 2 atom stereocenters. The smallest absolute Gasteiger partial charge is 0.338 e. The second-order valence-electron chi connectivity index (χ2n) is 11.0. The van der Waals surface area contributed by atoms with Gasteiger partial charge < -0.3 is 9.47 Å². The number of carbonyl (C=O) groups excluding carboxylic acids is 2. The Hall–Kier alpha value is -1.84. The van der Waals surface area contributed by atoms with Gasteiger partial charge in [0.25, 0.3) is 0 Å². The second-order valence-corrected chi connectivity index (χ2v) is 11.0. The number of hydrogen-bond acceptors (Lipinski definition) is 4. The Balaban J connectivity index is 1.68. The second kappa shape index (κ2) is 17.6. The highest BCUT2D eigenvalue weighted by Crippen LogP contribution is 2.37. The van der Waals surface area contributed by atoms with Crippen LogP contribution in [0, 0.1) is 5.92 Å². The quantitative estimate of drug-likeness (QED) is 0.158. The highest BCUT2D eigenvalue weighted by atomic mass is 16.6. The molecule has 2 unspecified atom stereocenters. The van der Waals surface area contributed by atoms with Crippen LogP contribution in [0.1, 0.15) is 152 Å². The fourth-order valence-electron chi connectivity index (χ4n) is 5.28. The van der Waals surface area contributed by atoms with Gasteiger partial charge in [0.2, 0.25) is 0 Å². The van der Waals surface area contributed by atoms with Crippen LogP contribution in [0.2, 0.25) is 0 Å². The van der Waals surface area contributed by atoms with Crippen molar-refractivity contribution in [1.29, 1.82) is 0 Å². The molecule has 1 fully saturated rings. The SMILES string of the molecule is CCCCCCCCCC(=O)OC(C)C(C)OC(=O)c1ccc(C2CCC(CCCCC)CC2)cc1. The fraction of sp³-hybridized carbons (Fsp3) is 0.750. The lowest BCUT2D eigenvalue weighted by Crippen LogP contribution is -2.30. The molecule has 1 aromatic carbocycles. The summed E-state index contributed by atoms with van der Waals surface area (Å²) < 4.78 is 11.1. The Kier molecular flexibility index (Phi) is 14.8. The van der Waals surface area contributed by atoms with E-state index in [0.717, 1.165) is 18.8 Å². The van der Waals surface area contributed by atoms with E-state index in [0.29, 0.717) is 17.9 Å². The molecule has 1 saturated carbocycles. The van der Waals surface area contributed by atoms with Crippen molar-refractivity contribution >= 4 is 11.9 Å². The van der Waals surface area contributed by atoms with Crippen LogP contribution >= 0.6 is 0 Å². The van der Waals surface area contributed by atoms with Crippen molar-refractivity contribution < 1.29 is 19.1 Å². The molecule has 0 aromatic heterocycles. The Morgan fingerprint density at radius 3 is 1.94 bits per heavy atom. The van der Waals surface area contributed by atoms with Gasteiger partial charge in [-0.05, 0) is 75.5 Å². The van der Waals surface area contributed by atoms with Gasteiger partial charge in [-0.3, -0.25) is 4.79 Å². The summed E-state index contributed by atoms with van der Waals surface area (Å²) in [6.07, 6.45) is 18.2. The molecule has 0 spiro atoms. The average Bonchev–Trinajstić information content (AvgIpc) is 2.88. The highest BCUT2D eigenvalue weighted by molar-refractivity contribution is 5.89. The molecular weight excluding hydrogens is 448 g/mol. The van der Waals surface area contributed by atoms with Crippen LogP contribution in [-0.2, 0) is 14.3 Å². The molecule has 0 heterocycles. The van der Waals surface area contributed by atoms with Crippen LogP contribution in [0.25, 0.3) is 0 Å². The van der Waals surface area contributed by atoms with E-state index in [2.05, 4.69) is 26.0 Å². The first kappa shape index (κ1) is 30.4. The van der Waals surface area contributed by atoms with Gasteiger partial charge in [0.1, 0.15) is 12.2 Å². The van der Waals surface area contributed by atoms with Gasteiger partial charge in [-0.1, -0.05) is 90.2 Å². The molecule has 1 aliphatic rings. The van der Waals surface area contributed by atoms with Crippen LogP contribution < -0.4 is 0 Å². The van der Waals surface area contributed by atoms with E-state index in [1.807, 2.05) is 12.1 Å². The summed E-state index contributed by atoms with van der Waals surface area (Å²) in [5.41, 5.74) is 1.89. The summed E-state index contributed by atoms with van der Waals surface area (Å²) in [6.45, 7) is 8.07. The largest absolute Gasteiger partial charge is 0.459 e. The van der Waals surface area contributed by atoms with Crippen LogP contribution in [-0.4, -0.2) is 24.1 Å². The van der Waals surface area contributed by atoms with Gasteiger partial charge in [-0.15, -0.1) is 0 Å². The van der Waals surface area contributed by atoms with Crippen LogP contribution in [0.15, 0.2) is 24.3 Å². The van der Waals surface area contributed by atoms with E-state index in [-0.39, 0.29) is 11.9 Å². The lowest BCUT2D eigenvalue weighted by molar-refractivity contribution is -0.153. The molecule has 4 heteroatoms. The summed E-state index contributed by atoms with van der Waals surface area (Å²) in [5, 5.41) is 0. The van der Waals surface area contributed by atoms with Gasteiger partial charge in [0, 0.05) is 6.42 Å². The third kappa shape index (κ3) is 11.5. The van der Waals surface area contributed by atoms with E-state index < -0.39 is 12.2 Å². The predicted octanol–water partition coefficient (Wildman–Crippen LogP) is 9.16. The zero-order valence-electron chi connectivity index (χ0n) is 23.6. The summed E-state index contributed by atoms with van der Waals surface area (Å²) in [4.78, 5) is 24.8. The number of hydrogen-bond donors (Lipinski definition) is 0. The molecule has 0 N–H and O–H groups in total. The van der Waals surface area contributed by atoms with Crippen molar-refractivity contribution in [2.24, 2.45) is 5.92 Å². The molecular formula is C32H52O4. The van der Waals surface area contributed by atoms with Crippen molar-refractivity contribution in [2.75, 3.05) is 0 Å². The van der Waals surface area contributed by atoms with Gasteiger partial charge in [-0.2, -0.15) is 0 Å². The standard InChI is InChI=1S/C32H52O4/c1-5-7-9-10-11-12-14-16-31(33)35-25(3)26(4)36-32(34)30-23-21-29(22-24-30)28-19-17-27(18-20-28)15-13-8-6-2/h21-28H,5-20H2,1-4H3. The van der Waals surface area contributed by atoms with E-state index in [4.69, 9.17) is 9.47 Å². The van der Waals surface area contributed by atoms with E-state index >= 15 is 0 Å². The highest BCUT2D eigenvalue weighted by Gasteiger charge is 2.24. The van der Waals surface area contributed by atoms with Gasteiger partial charge >= 0.3 is 11.9 Å². The van der Waals surface area contributed by atoms with Crippen LogP contribution in [0.3, 0.4) is 0 Å². The maximum absolute atomic E-state index is 12.7. The number of unbranched alkanes of at least 4 members (excludes halogenated alkanes) is 8. The minimum atomic E-state index is -0.488. The number of esters is 2. The number of carbonyl (C=O) groups is 2. The number of benzene rings is 1. The van der Waals surface area contributed by atoms with E-state index in [9.17, 15) is 9.59 Å². The summed E-state index contributed by atoms with van der Waals surface area (Å²) in [7, 11) is 0. The summed E-state index contributed by atoms with van der Waals surface area (Å²) >= 11 is 0. The zero-order chi connectivity index (χ0) is 26.2. The first-order valence-electron chi connectivity index (χ1n) is 14.9. The molecule has 4 nitrogen and oxygen atoms in total. The van der Waals surface area contributed by atoms with Crippen LogP contribution in [0.5, 0.6) is 0 Å². The van der Waals surface area contributed by atoms with Gasteiger partial charge in [-0.25, -0.2) is 4.79 Å². The molecule has 204 valence electrons. The molecule has 36 heavy (non-hydrogen) atoms. The Labute approximate surface area is 220 Å².